The van der Waals surface area contributed by atoms with Crippen LogP contribution in [0.1, 0.15) is 17.3 Å². The molecule has 0 aliphatic rings. The summed E-state index contributed by atoms with van der Waals surface area (Å²) in [5, 5.41) is 9.12. The third kappa shape index (κ3) is 4.01. The van der Waals surface area contributed by atoms with Crippen LogP contribution in [0.5, 0.6) is 11.5 Å². The van der Waals surface area contributed by atoms with Gasteiger partial charge in [-0.3, -0.25) is 4.79 Å². The van der Waals surface area contributed by atoms with Gasteiger partial charge in [-0.15, -0.1) is 10.2 Å². The molecule has 0 saturated carbocycles. The van der Waals surface area contributed by atoms with Gasteiger partial charge in [-0.05, 0) is 37.3 Å². The number of benzene rings is 2. The summed E-state index contributed by atoms with van der Waals surface area (Å²) in [6.45, 7) is 2.61. The van der Waals surface area contributed by atoms with Crippen molar-refractivity contribution in [2.24, 2.45) is 0 Å². The second-order valence-corrected chi connectivity index (χ2v) is 6.75. The highest BCUT2D eigenvalue weighted by molar-refractivity contribution is 7.99. The van der Waals surface area contributed by atoms with Crippen LogP contribution < -0.4 is 9.47 Å². The molecule has 0 unspecified atom stereocenters. The van der Waals surface area contributed by atoms with Crippen LogP contribution in [0.2, 0.25) is 0 Å². The molecule has 3 rings (SSSR count). The van der Waals surface area contributed by atoms with Gasteiger partial charge in [-0.1, -0.05) is 23.9 Å². The summed E-state index contributed by atoms with van der Waals surface area (Å²) in [6, 6.07) is 11.7. The van der Waals surface area contributed by atoms with Crippen LogP contribution in [-0.2, 0) is 6.54 Å². The van der Waals surface area contributed by atoms with Gasteiger partial charge in [0.1, 0.15) is 5.75 Å². The normalized spacial score (nSPS) is 10.7. The Labute approximate surface area is 166 Å². The van der Waals surface area contributed by atoms with Crippen molar-refractivity contribution >= 4 is 17.5 Å². The summed E-state index contributed by atoms with van der Waals surface area (Å²) >= 11 is 1.26. The number of ether oxygens (including phenoxy) is 2. The Morgan fingerprint density at radius 2 is 1.86 bits per heavy atom. The van der Waals surface area contributed by atoms with Crippen LogP contribution in [0.4, 0.5) is 4.39 Å². The number of methoxy groups -OCH3 is 2. The maximum absolute atomic E-state index is 13.8. The van der Waals surface area contributed by atoms with E-state index in [1.54, 1.807) is 13.2 Å². The first kappa shape index (κ1) is 19.9. The number of carbonyl (C=O) groups is 1. The molecule has 0 bridgehead atoms. The highest BCUT2D eigenvalue weighted by atomic mass is 32.2. The van der Waals surface area contributed by atoms with Gasteiger partial charge in [0.25, 0.3) is 0 Å². The van der Waals surface area contributed by atoms with E-state index < -0.39 is 5.82 Å². The molecule has 0 saturated heterocycles. The van der Waals surface area contributed by atoms with Crippen LogP contribution in [0, 0.1) is 5.82 Å². The van der Waals surface area contributed by atoms with E-state index >= 15 is 0 Å². The Hall–Kier alpha value is -2.87. The van der Waals surface area contributed by atoms with E-state index in [-0.39, 0.29) is 17.3 Å². The molecule has 6 nitrogen and oxygen atoms in total. The Kier molecular flexibility index (Phi) is 6.30. The number of hydrogen-bond donors (Lipinski definition) is 0. The number of thioether (sulfide) groups is 1. The number of nitrogens with zero attached hydrogens (tertiary/aromatic N) is 3. The molecule has 0 fully saturated rings. The molecule has 0 radical (unpaired) electrons. The number of hydrogen-bond acceptors (Lipinski definition) is 6. The highest BCUT2D eigenvalue weighted by Gasteiger charge is 2.18. The number of ketones is 1. The fourth-order valence-electron chi connectivity index (χ4n) is 2.76. The zero-order chi connectivity index (χ0) is 20.1. The topological polar surface area (TPSA) is 66.2 Å². The molecule has 1 aromatic heterocycles. The Bertz CT molecular complexity index is 991. The second kappa shape index (κ2) is 8.88. The van der Waals surface area contributed by atoms with E-state index in [9.17, 15) is 9.18 Å². The minimum atomic E-state index is -0.562. The van der Waals surface area contributed by atoms with E-state index in [0.717, 1.165) is 5.56 Å². The molecule has 0 atom stereocenters. The van der Waals surface area contributed by atoms with Crippen molar-refractivity contribution in [3.63, 3.8) is 0 Å². The Balaban J connectivity index is 1.79. The number of halogens is 1. The molecule has 0 spiro atoms. The zero-order valence-electron chi connectivity index (χ0n) is 15.8. The van der Waals surface area contributed by atoms with Crippen molar-refractivity contribution in [2.45, 2.75) is 18.6 Å². The molecular weight excluding hydrogens is 381 g/mol. The average Bonchev–Trinajstić information content (AvgIpc) is 3.14. The number of rotatable bonds is 8. The van der Waals surface area contributed by atoms with Crippen molar-refractivity contribution in [1.29, 1.82) is 0 Å². The summed E-state index contributed by atoms with van der Waals surface area (Å²) < 4.78 is 26.0. The smallest absolute Gasteiger partial charge is 0.191 e. The van der Waals surface area contributed by atoms with E-state index in [0.29, 0.717) is 28.8 Å². The molecular formula is C20H20FN3O3S. The average molecular weight is 401 g/mol. The number of aromatic nitrogens is 3. The van der Waals surface area contributed by atoms with E-state index in [1.807, 2.05) is 35.8 Å². The lowest BCUT2D eigenvalue weighted by Gasteiger charge is -2.10. The lowest BCUT2D eigenvalue weighted by molar-refractivity contribution is 0.102. The van der Waals surface area contributed by atoms with Crippen molar-refractivity contribution in [1.82, 2.24) is 14.8 Å². The van der Waals surface area contributed by atoms with Crippen LogP contribution in [-0.4, -0.2) is 40.5 Å². The van der Waals surface area contributed by atoms with E-state index in [4.69, 9.17) is 9.47 Å². The van der Waals surface area contributed by atoms with Crippen LogP contribution in [0.25, 0.3) is 11.4 Å². The van der Waals surface area contributed by atoms with Gasteiger partial charge in [0.15, 0.2) is 28.3 Å². The summed E-state index contributed by atoms with van der Waals surface area (Å²) in [6.07, 6.45) is 0. The van der Waals surface area contributed by atoms with Gasteiger partial charge in [0, 0.05) is 12.1 Å². The molecule has 0 N–H and O–H groups in total. The summed E-state index contributed by atoms with van der Waals surface area (Å²) in [5.41, 5.74) is 1.12. The van der Waals surface area contributed by atoms with Crippen LogP contribution in [0.15, 0.2) is 47.6 Å². The first-order chi connectivity index (χ1) is 13.6. The predicted octanol–water partition coefficient (Wildman–Crippen LogP) is 4.10. The first-order valence-electron chi connectivity index (χ1n) is 8.65. The van der Waals surface area contributed by atoms with Gasteiger partial charge in [-0.2, -0.15) is 0 Å². The second-order valence-electron chi connectivity index (χ2n) is 5.81. The summed E-state index contributed by atoms with van der Waals surface area (Å²) in [4.78, 5) is 12.4. The molecule has 3 aromatic rings. The van der Waals surface area contributed by atoms with Gasteiger partial charge in [-0.25, -0.2) is 4.39 Å². The van der Waals surface area contributed by atoms with E-state index in [2.05, 4.69) is 10.2 Å². The maximum atomic E-state index is 13.8. The number of Topliss-reactive ketones (excluding diaryl/α,β-unsaturated/α-hetero) is 1. The molecule has 146 valence electrons. The molecule has 0 amide bonds. The van der Waals surface area contributed by atoms with Gasteiger partial charge >= 0.3 is 0 Å². The number of carbonyl (C=O) groups excluding carboxylic acids is 1. The highest BCUT2D eigenvalue weighted by Crippen LogP contribution is 2.31. The first-order valence-corrected chi connectivity index (χ1v) is 9.63. The third-order valence-electron chi connectivity index (χ3n) is 4.19. The molecule has 0 aliphatic carbocycles. The van der Waals surface area contributed by atoms with Crippen LogP contribution >= 0.6 is 11.8 Å². The molecule has 2 aromatic carbocycles. The monoisotopic (exact) mass is 401 g/mol. The van der Waals surface area contributed by atoms with Crippen molar-refractivity contribution < 1.29 is 18.7 Å². The SMILES string of the molecule is CCn1c(SCC(=O)c2ccc(OC)c(F)c2)nnc1-c1ccccc1OC. The Morgan fingerprint density at radius 1 is 1.11 bits per heavy atom. The summed E-state index contributed by atoms with van der Waals surface area (Å²) in [5.74, 6) is 0.841. The minimum absolute atomic E-state index is 0.108. The molecule has 0 aliphatic heterocycles. The third-order valence-corrected chi connectivity index (χ3v) is 5.15. The predicted molar refractivity (Wildman–Crippen MR) is 106 cm³/mol. The fourth-order valence-corrected chi connectivity index (χ4v) is 3.66. The number of para-hydroxylation sites is 1. The molecule has 1 heterocycles. The quantitative estimate of drug-likeness (QED) is 0.418. The van der Waals surface area contributed by atoms with Gasteiger partial charge in [0.05, 0.1) is 25.5 Å². The minimum Gasteiger partial charge on any atom is -0.496 e. The maximum Gasteiger partial charge on any atom is 0.191 e. The zero-order valence-corrected chi connectivity index (χ0v) is 16.6. The standard InChI is InChI=1S/C20H20FN3O3S/c1-4-24-19(14-7-5-6-8-17(14)26-2)22-23-20(24)28-12-16(25)13-9-10-18(27-3)15(21)11-13/h5-11H,4,12H2,1-3H3. The van der Waals surface area contributed by atoms with Gasteiger partial charge < -0.3 is 14.0 Å². The molecule has 8 heteroatoms. The largest absolute Gasteiger partial charge is 0.496 e. The Morgan fingerprint density at radius 3 is 2.54 bits per heavy atom. The summed E-state index contributed by atoms with van der Waals surface area (Å²) in [7, 11) is 2.99. The van der Waals surface area contributed by atoms with Crippen molar-refractivity contribution in [3.05, 3.63) is 53.8 Å². The van der Waals surface area contributed by atoms with Crippen molar-refractivity contribution in [2.75, 3.05) is 20.0 Å². The van der Waals surface area contributed by atoms with Crippen LogP contribution in [0.3, 0.4) is 0 Å². The lowest BCUT2D eigenvalue weighted by Crippen LogP contribution is -2.06. The fraction of sp³-hybridized carbons (Fsp3) is 0.250. The lowest BCUT2D eigenvalue weighted by atomic mass is 10.1. The van der Waals surface area contributed by atoms with Gasteiger partial charge in [0.2, 0.25) is 0 Å². The van der Waals surface area contributed by atoms with Crippen molar-refractivity contribution in [3.8, 4) is 22.9 Å². The molecule has 28 heavy (non-hydrogen) atoms. The van der Waals surface area contributed by atoms with E-state index in [1.165, 1.54) is 31.0 Å².